The standard InChI is InChI=1S/C15H20Br/c1-2-4-12-7-9-13(10-8-12)14-5-3-6-15(16)11-14/h3,5,11-13H,2,4,7-10H2,1H3. The minimum Gasteiger partial charge on any atom is -0.0654 e. The van der Waals surface area contributed by atoms with E-state index in [9.17, 15) is 0 Å². The van der Waals surface area contributed by atoms with Crippen LogP contribution >= 0.6 is 15.9 Å². The Bertz CT molecular complexity index is 324. The SMILES string of the molecule is CCCC1CCC(c2cc[c]c(Br)c2)CC1. The Labute approximate surface area is 108 Å². The van der Waals surface area contributed by atoms with Crippen molar-refractivity contribution >= 4 is 15.9 Å². The maximum Gasteiger partial charge on any atom is 0.0256 e. The molecule has 0 bridgehead atoms. The molecule has 0 N–H and O–H groups in total. The summed E-state index contributed by atoms with van der Waals surface area (Å²) in [6.45, 7) is 2.30. The maximum atomic E-state index is 3.51. The molecule has 1 heteroatoms. The van der Waals surface area contributed by atoms with Crippen LogP contribution < -0.4 is 0 Å². The average molecular weight is 280 g/mol. The molecule has 0 saturated heterocycles. The summed E-state index contributed by atoms with van der Waals surface area (Å²) in [5, 5.41) is 0. The van der Waals surface area contributed by atoms with Gasteiger partial charge in [0.15, 0.2) is 0 Å². The van der Waals surface area contributed by atoms with E-state index in [1.807, 2.05) is 6.07 Å². The first-order valence-electron chi connectivity index (χ1n) is 6.46. The monoisotopic (exact) mass is 279 g/mol. The highest BCUT2D eigenvalue weighted by Gasteiger charge is 2.21. The Morgan fingerprint density at radius 1 is 1.31 bits per heavy atom. The van der Waals surface area contributed by atoms with Gasteiger partial charge in [0, 0.05) is 4.47 Å². The predicted molar refractivity (Wildman–Crippen MR) is 72.6 cm³/mol. The molecule has 0 atom stereocenters. The molecule has 0 spiro atoms. The molecule has 1 fully saturated rings. The van der Waals surface area contributed by atoms with E-state index < -0.39 is 0 Å². The summed E-state index contributed by atoms with van der Waals surface area (Å²) in [7, 11) is 0. The molecule has 1 radical (unpaired) electrons. The number of hydrogen-bond donors (Lipinski definition) is 0. The Morgan fingerprint density at radius 2 is 2.06 bits per heavy atom. The molecule has 0 aliphatic heterocycles. The van der Waals surface area contributed by atoms with Crippen LogP contribution in [0.15, 0.2) is 22.7 Å². The van der Waals surface area contributed by atoms with Crippen LogP contribution in [0.4, 0.5) is 0 Å². The van der Waals surface area contributed by atoms with E-state index in [0.717, 1.165) is 16.3 Å². The predicted octanol–water partition coefficient (Wildman–Crippen LogP) is 5.32. The fourth-order valence-corrected chi connectivity index (χ4v) is 3.30. The van der Waals surface area contributed by atoms with E-state index in [4.69, 9.17) is 0 Å². The summed E-state index contributed by atoms with van der Waals surface area (Å²) in [5.74, 6) is 1.79. The Balaban J connectivity index is 1.94. The van der Waals surface area contributed by atoms with E-state index in [1.54, 1.807) is 0 Å². The number of hydrogen-bond acceptors (Lipinski definition) is 0. The smallest absolute Gasteiger partial charge is 0.0256 e. The third-order valence-corrected chi connectivity index (χ3v) is 4.26. The summed E-state index contributed by atoms with van der Waals surface area (Å²) in [6, 6.07) is 9.67. The molecule has 1 aromatic rings. The molecule has 1 saturated carbocycles. The second-order valence-electron chi connectivity index (χ2n) is 4.98. The van der Waals surface area contributed by atoms with Gasteiger partial charge in [0.1, 0.15) is 0 Å². The third-order valence-electron chi connectivity index (χ3n) is 3.81. The molecule has 1 aliphatic rings. The summed E-state index contributed by atoms with van der Waals surface area (Å²) in [5.41, 5.74) is 1.50. The molecule has 0 amide bonds. The molecule has 1 aromatic carbocycles. The van der Waals surface area contributed by atoms with Crippen molar-refractivity contribution in [2.24, 2.45) is 5.92 Å². The molecular weight excluding hydrogens is 260 g/mol. The minimum atomic E-state index is 0.791. The fraction of sp³-hybridized carbons (Fsp3) is 0.600. The van der Waals surface area contributed by atoms with Crippen LogP contribution in [0.5, 0.6) is 0 Å². The van der Waals surface area contributed by atoms with E-state index in [0.29, 0.717) is 0 Å². The van der Waals surface area contributed by atoms with Crippen molar-refractivity contribution in [2.75, 3.05) is 0 Å². The van der Waals surface area contributed by atoms with Gasteiger partial charge in [-0.3, -0.25) is 0 Å². The van der Waals surface area contributed by atoms with Gasteiger partial charge in [-0.25, -0.2) is 0 Å². The van der Waals surface area contributed by atoms with Gasteiger partial charge in [-0.05, 0) is 55.2 Å². The Morgan fingerprint density at radius 3 is 2.69 bits per heavy atom. The topological polar surface area (TPSA) is 0 Å². The van der Waals surface area contributed by atoms with Crippen LogP contribution in [0.2, 0.25) is 0 Å². The molecule has 0 unspecified atom stereocenters. The summed E-state index contributed by atoms with van der Waals surface area (Å²) in [6.07, 6.45) is 8.38. The second kappa shape index (κ2) is 5.86. The zero-order valence-electron chi connectivity index (χ0n) is 10.0. The fourth-order valence-electron chi connectivity index (χ4n) is 2.90. The van der Waals surface area contributed by atoms with Gasteiger partial charge in [0.05, 0.1) is 0 Å². The molecule has 87 valence electrons. The highest BCUT2D eigenvalue weighted by molar-refractivity contribution is 9.10. The number of halogens is 1. The second-order valence-corrected chi connectivity index (χ2v) is 5.83. The molecular formula is C15H20Br. The van der Waals surface area contributed by atoms with Crippen molar-refractivity contribution in [1.82, 2.24) is 0 Å². The van der Waals surface area contributed by atoms with Gasteiger partial charge >= 0.3 is 0 Å². The van der Waals surface area contributed by atoms with Gasteiger partial charge in [0.25, 0.3) is 0 Å². The Hall–Kier alpha value is -0.300. The van der Waals surface area contributed by atoms with Gasteiger partial charge in [-0.2, -0.15) is 0 Å². The molecule has 0 nitrogen and oxygen atoms in total. The van der Waals surface area contributed by atoms with E-state index in [2.05, 4.69) is 41.1 Å². The maximum absolute atomic E-state index is 3.51. The van der Waals surface area contributed by atoms with Crippen molar-refractivity contribution in [3.05, 3.63) is 34.3 Å². The summed E-state index contributed by atoms with van der Waals surface area (Å²) in [4.78, 5) is 0. The number of benzene rings is 1. The molecule has 2 rings (SSSR count). The molecule has 0 aromatic heterocycles. The number of rotatable bonds is 3. The first-order valence-corrected chi connectivity index (χ1v) is 7.26. The molecule has 0 heterocycles. The van der Waals surface area contributed by atoms with E-state index in [-0.39, 0.29) is 0 Å². The largest absolute Gasteiger partial charge is 0.0654 e. The highest BCUT2D eigenvalue weighted by Crippen LogP contribution is 2.37. The molecule has 16 heavy (non-hydrogen) atoms. The van der Waals surface area contributed by atoms with Crippen LogP contribution in [0.1, 0.15) is 56.9 Å². The summed E-state index contributed by atoms with van der Waals surface area (Å²) < 4.78 is 1.10. The third kappa shape index (κ3) is 3.10. The minimum absolute atomic E-state index is 0.791. The lowest BCUT2D eigenvalue weighted by Crippen LogP contribution is -2.13. The lowest BCUT2D eigenvalue weighted by Gasteiger charge is -2.28. The van der Waals surface area contributed by atoms with Crippen molar-refractivity contribution < 1.29 is 0 Å². The van der Waals surface area contributed by atoms with Crippen molar-refractivity contribution in [1.29, 1.82) is 0 Å². The normalized spacial score (nSPS) is 25.6. The van der Waals surface area contributed by atoms with Crippen LogP contribution in [-0.2, 0) is 0 Å². The lowest BCUT2D eigenvalue weighted by molar-refractivity contribution is 0.308. The first kappa shape index (κ1) is 12.2. The van der Waals surface area contributed by atoms with E-state index in [1.165, 1.54) is 44.1 Å². The van der Waals surface area contributed by atoms with Gasteiger partial charge in [0.2, 0.25) is 0 Å². The summed E-state index contributed by atoms with van der Waals surface area (Å²) >= 11 is 3.51. The quantitative estimate of drug-likeness (QED) is 0.702. The van der Waals surface area contributed by atoms with E-state index >= 15 is 0 Å². The van der Waals surface area contributed by atoms with Crippen LogP contribution in [0, 0.1) is 12.0 Å². The Kier molecular flexibility index (Phi) is 4.45. The highest BCUT2D eigenvalue weighted by atomic mass is 79.9. The molecule has 1 aliphatic carbocycles. The van der Waals surface area contributed by atoms with Crippen LogP contribution in [-0.4, -0.2) is 0 Å². The zero-order valence-corrected chi connectivity index (χ0v) is 11.6. The van der Waals surface area contributed by atoms with Crippen molar-refractivity contribution in [3.8, 4) is 0 Å². The van der Waals surface area contributed by atoms with Crippen molar-refractivity contribution in [3.63, 3.8) is 0 Å². The first-order chi connectivity index (χ1) is 7.79. The van der Waals surface area contributed by atoms with Crippen molar-refractivity contribution in [2.45, 2.75) is 51.4 Å². The van der Waals surface area contributed by atoms with Gasteiger partial charge < -0.3 is 0 Å². The van der Waals surface area contributed by atoms with Gasteiger partial charge in [-0.1, -0.05) is 47.8 Å². The van der Waals surface area contributed by atoms with Crippen LogP contribution in [0.3, 0.4) is 0 Å². The average Bonchev–Trinajstić information content (AvgIpc) is 2.30. The van der Waals surface area contributed by atoms with Gasteiger partial charge in [-0.15, -0.1) is 0 Å². The lowest BCUT2D eigenvalue weighted by atomic mass is 9.77. The van der Waals surface area contributed by atoms with Crippen LogP contribution in [0.25, 0.3) is 0 Å². The zero-order chi connectivity index (χ0) is 11.4.